The van der Waals surface area contributed by atoms with Gasteiger partial charge in [0.05, 0.1) is 24.6 Å². The molecule has 1 aromatic heterocycles. The molecule has 1 aliphatic heterocycles. The van der Waals surface area contributed by atoms with Gasteiger partial charge >= 0.3 is 0 Å². The Hall–Kier alpha value is -3.12. The van der Waals surface area contributed by atoms with Crippen LogP contribution in [0.4, 0.5) is 17.5 Å². The minimum Gasteiger partial charge on any atom is -0.495 e. The van der Waals surface area contributed by atoms with Gasteiger partial charge in [0.25, 0.3) is 0 Å². The molecule has 4 rings (SSSR count). The van der Waals surface area contributed by atoms with E-state index in [9.17, 15) is 0 Å². The third-order valence-corrected chi connectivity index (χ3v) is 4.93. The predicted molar refractivity (Wildman–Crippen MR) is 116 cm³/mol. The maximum atomic E-state index is 5.72. The zero-order valence-electron chi connectivity index (χ0n) is 16.8. The molecule has 150 valence electrons. The molecule has 0 spiro atoms. The Bertz CT molecular complexity index is 956. The molecule has 2 N–H and O–H groups in total. The lowest BCUT2D eigenvalue weighted by Crippen LogP contribution is -2.19. The molecule has 1 saturated heterocycles. The number of hydrogen-bond donors (Lipinski definition) is 2. The van der Waals surface area contributed by atoms with Gasteiger partial charge in [0, 0.05) is 24.8 Å². The van der Waals surface area contributed by atoms with Crippen LogP contribution in [0, 0.1) is 6.92 Å². The van der Waals surface area contributed by atoms with Crippen LogP contribution in [0.1, 0.15) is 18.4 Å². The van der Waals surface area contributed by atoms with Gasteiger partial charge < -0.3 is 20.1 Å². The van der Waals surface area contributed by atoms with Gasteiger partial charge in [-0.05, 0) is 37.5 Å². The fourth-order valence-corrected chi connectivity index (χ4v) is 3.41. The highest BCUT2D eigenvalue weighted by molar-refractivity contribution is 5.68. The van der Waals surface area contributed by atoms with Crippen molar-refractivity contribution in [3.8, 4) is 17.0 Å². The van der Waals surface area contributed by atoms with Gasteiger partial charge in [0.2, 0.25) is 5.95 Å². The van der Waals surface area contributed by atoms with E-state index in [2.05, 4.69) is 15.6 Å². The maximum Gasteiger partial charge on any atom is 0.229 e. The first kappa shape index (κ1) is 19.2. The van der Waals surface area contributed by atoms with Gasteiger partial charge in [-0.3, -0.25) is 0 Å². The SMILES string of the molecule is COc1ccc(C)cc1Nc1nc(NCC2CCCO2)cc(-c2ccccc2)n1. The number of hydrogen-bond acceptors (Lipinski definition) is 6. The van der Waals surface area contributed by atoms with Gasteiger partial charge in [-0.25, -0.2) is 4.98 Å². The van der Waals surface area contributed by atoms with Crippen LogP contribution in [0.15, 0.2) is 54.6 Å². The standard InChI is InChI=1S/C23H26N4O2/c1-16-10-11-21(28-2)20(13-16)26-23-25-19(17-7-4-3-5-8-17)14-22(27-23)24-15-18-9-6-12-29-18/h3-5,7-8,10-11,13-14,18H,6,9,12,15H2,1-2H3,(H2,24,25,26,27). The fourth-order valence-electron chi connectivity index (χ4n) is 3.41. The highest BCUT2D eigenvalue weighted by Gasteiger charge is 2.16. The summed E-state index contributed by atoms with van der Waals surface area (Å²) in [5.74, 6) is 2.03. The number of nitrogens with one attached hydrogen (secondary N) is 2. The van der Waals surface area contributed by atoms with E-state index in [4.69, 9.17) is 14.5 Å². The molecule has 0 radical (unpaired) electrons. The van der Waals surface area contributed by atoms with Crippen molar-refractivity contribution in [3.63, 3.8) is 0 Å². The van der Waals surface area contributed by atoms with Crippen LogP contribution in [0.25, 0.3) is 11.3 Å². The van der Waals surface area contributed by atoms with Crippen LogP contribution >= 0.6 is 0 Å². The van der Waals surface area contributed by atoms with Gasteiger partial charge in [0.15, 0.2) is 0 Å². The monoisotopic (exact) mass is 390 g/mol. The van der Waals surface area contributed by atoms with E-state index in [1.807, 2.05) is 61.5 Å². The van der Waals surface area contributed by atoms with Crippen molar-refractivity contribution in [1.82, 2.24) is 9.97 Å². The lowest BCUT2D eigenvalue weighted by molar-refractivity contribution is 0.120. The van der Waals surface area contributed by atoms with E-state index < -0.39 is 0 Å². The van der Waals surface area contributed by atoms with E-state index in [-0.39, 0.29) is 6.10 Å². The third-order valence-electron chi connectivity index (χ3n) is 4.93. The van der Waals surface area contributed by atoms with E-state index in [1.165, 1.54) is 0 Å². The van der Waals surface area contributed by atoms with Gasteiger partial charge in [-0.2, -0.15) is 4.98 Å². The number of rotatable bonds is 7. The first-order valence-electron chi connectivity index (χ1n) is 9.93. The van der Waals surface area contributed by atoms with Crippen molar-refractivity contribution < 1.29 is 9.47 Å². The minimum absolute atomic E-state index is 0.235. The summed E-state index contributed by atoms with van der Waals surface area (Å²) in [6.45, 7) is 3.62. The smallest absolute Gasteiger partial charge is 0.229 e. The first-order chi connectivity index (χ1) is 14.2. The summed E-state index contributed by atoms with van der Waals surface area (Å²) in [7, 11) is 1.66. The van der Waals surface area contributed by atoms with Crippen molar-refractivity contribution in [2.75, 3.05) is 30.9 Å². The summed E-state index contributed by atoms with van der Waals surface area (Å²) in [6, 6.07) is 18.1. The molecule has 2 heterocycles. The molecule has 0 aliphatic carbocycles. The van der Waals surface area contributed by atoms with E-state index in [0.29, 0.717) is 5.95 Å². The quantitative estimate of drug-likeness (QED) is 0.604. The molecule has 3 aromatic rings. The molecule has 0 saturated carbocycles. The number of anilines is 3. The highest BCUT2D eigenvalue weighted by atomic mass is 16.5. The number of ether oxygens (including phenoxy) is 2. The van der Waals surface area contributed by atoms with Crippen LogP contribution in [-0.2, 0) is 4.74 Å². The average Bonchev–Trinajstić information content (AvgIpc) is 3.27. The van der Waals surface area contributed by atoms with Crippen LogP contribution < -0.4 is 15.4 Å². The lowest BCUT2D eigenvalue weighted by Gasteiger charge is -2.15. The molecule has 1 fully saturated rings. The Morgan fingerprint density at radius 2 is 1.97 bits per heavy atom. The van der Waals surface area contributed by atoms with Crippen LogP contribution in [0.3, 0.4) is 0 Å². The average molecular weight is 390 g/mol. The molecule has 1 atom stereocenters. The Morgan fingerprint density at radius 3 is 2.72 bits per heavy atom. The van der Waals surface area contributed by atoms with Crippen molar-refractivity contribution in [3.05, 3.63) is 60.2 Å². The van der Waals surface area contributed by atoms with E-state index in [1.54, 1.807) is 7.11 Å². The minimum atomic E-state index is 0.235. The Morgan fingerprint density at radius 1 is 1.10 bits per heavy atom. The lowest BCUT2D eigenvalue weighted by atomic mass is 10.1. The number of nitrogens with zero attached hydrogens (tertiary/aromatic N) is 2. The van der Waals surface area contributed by atoms with Gasteiger partial charge in [-0.1, -0.05) is 36.4 Å². The summed E-state index contributed by atoms with van der Waals surface area (Å²) in [5, 5.41) is 6.74. The molecule has 2 aromatic carbocycles. The van der Waals surface area contributed by atoms with Crippen LogP contribution in [0.2, 0.25) is 0 Å². The number of aromatic nitrogens is 2. The summed E-state index contributed by atoms with van der Waals surface area (Å²) in [5.41, 5.74) is 3.85. The van der Waals surface area contributed by atoms with Crippen molar-refractivity contribution in [2.45, 2.75) is 25.9 Å². The topological polar surface area (TPSA) is 68.3 Å². The largest absolute Gasteiger partial charge is 0.495 e. The normalized spacial score (nSPS) is 15.9. The second-order valence-corrected chi connectivity index (χ2v) is 7.17. The highest BCUT2D eigenvalue weighted by Crippen LogP contribution is 2.29. The van der Waals surface area contributed by atoms with Crippen molar-refractivity contribution in [1.29, 1.82) is 0 Å². The van der Waals surface area contributed by atoms with Crippen molar-refractivity contribution >= 4 is 17.5 Å². The number of methoxy groups -OCH3 is 1. The maximum absolute atomic E-state index is 5.72. The summed E-state index contributed by atoms with van der Waals surface area (Å²) in [4.78, 5) is 9.41. The second-order valence-electron chi connectivity index (χ2n) is 7.17. The molecule has 29 heavy (non-hydrogen) atoms. The zero-order valence-corrected chi connectivity index (χ0v) is 16.8. The zero-order chi connectivity index (χ0) is 20.1. The Balaban J connectivity index is 1.64. The molecule has 0 amide bonds. The van der Waals surface area contributed by atoms with Crippen LogP contribution in [-0.4, -0.2) is 36.3 Å². The molecule has 0 bridgehead atoms. The molecular weight excluding hydrogens is 364 g/mol. The molecular formula is C23H26N4O2. The summed E-state index contributed by atoms with van der Waals surface area (Å²) >= 11 is 0. The predicted octanol–water partition coefficient (Wildman–Crippen LogP) is 4.80. The Labute approximate surface area is 171 Å². The van der Waals surface area contributed by atoms with Gasteiger partial charge in [0.1, 0.15) is 11.6 Å². The number of benzene rings is 2. The number of aryl methyl sites for hydroxylation is 1. The first-order valence-corrected chi connectivity index (χ1v) is 9.93. The second kappa shape index (κ2) is 8.92. The molecule has 6 nitrogen and oxygen atoms in total. The van der Waals surface area contributed by atoms with Gasteiger partial charge in [-0.15, -0.1) is 0 Å². The van der Waals surface area contributed by atoms with E-state index >= 15 is 0 Å². The molecule has 6 heteroatoms. The third kappa shape index (κ3) is 4.84. The fraction of sp³-hybridized carbons (Fsp3) is 0.304. The Kier molecular flexibility index (Phi) is 5.91. The van der Waals surface area contributed by atoms with Crippen molar-refractivity contribution in [2.24, 2.45) is 0 Å². The molecule has 1 unspecified atom stereocenters. The van der Waals surface area contributed by atoms with Crippen LogP contribution in [0.5, 0.6) is 5.75 Å². The summed E-state index contributed by atoms with van der Waals surface area (Å²) < 4.78 is 11.2. The summed E-state index contributed by atoms with van der Waals surface area (Å²) in [6.07, 6.45) is 2.43. The van der Waals surface area contributed by atoms with E-state index in [0.717, 1.165) is 60.1 Å². The molecule has 1 aliphatic rings.